The molecule has 0 aromatic rings. The molecule has 0 aromatic carbocycles. The third kappa shape index (κ3) is 4.34. The predicted octanol–water partition coefficient (Wildman–Crippen LogP) is 2.15. The third-order valence-corrected chi connectivity index (χ3v) is 3.90. The van der Waals surface area contributed by atoms with Gasteiger partial charge in [-0.25, -0.2) is 0 Å². The Labute approximate surface area is 86.0 Å². The summed E-state index contributed by atoms with van der Waals surface area (Å²) >= 11 is 1.98. The predicted molar refractivity (Wildman–Crippen MR) is 60.7 cm³/mol. The molecular weight excluding hydrogens is 180 g/mol. The van der Waals surface area contributed by atoms with Crippen molar-refractivity contribution in [3.05, 3.63) is 0 Å². The van der Waals surface area contributed by atoms with Crippen LogP contribution in [0.1, 0.15) is 39.0 Å². The zero-order valence-corrected chi connectivity index (χ0v) is 9.41. The van der Waals surface area contributed by atoms with E-state index in [1.54, 1.807) is 0 Å². The van der Waals surface area contributed by atoms with Gasteiger partial charge in [0.15, 0.2) is 0 Å². The van der Waals surface area contributed by atoms with Gasteiger partial charge in [-0.2, -0.15) is 11.8 Å². The van der Waals surface area contributed by atoms with Gasteiger partial charge in [0.25, 0.3) is 0 Å². The Morgan fingerprint density at radius 1 is 1.46 bits per heavy atom. The quantitative estimate of drug-likeness (QED) is 0.512. The molecule has 0 aliphatic heterocycles. The molecule has 0 aromatic heterocycles. The Morgan fingerprint density at radius 2 is 2.15 bits per heavy atom. The minimum atomic E-state index is 0.535. The van der Waals surface area contributed by atoms with Crippen LogP contribution in [0.4, 0.5) is 0 Å². The molecule has 78 valence electrons. The van der Waals surface area contributed by atoms with Crippen molar-refractivity contribution in [1.29, 1.82) is 0 Å². The molecule has 0 heterocycles. The van der Waals surface area contributed by atoms with Gasteiger partial charge >= 0.3 is 0 Å². The number of rotatable bonds is 6. The van der Waals surface area contributed by atoms with Crippen LogP contribution in [-0.2, 0) is 0 Å². The van der Waals surface area contributed by atoms with Gasteiger partial charge in [0, 0.05) is 11.8 Å². The summed E-state index contributed by atoms with van der Waals surface area (Å²) in [5.41, 5.74) is 2.94. The molecule has 1 unspecified atom stereocenters. The fraction of sp³-hybridized carbons (Fsp3) is 1.00. The molecule has 1 aliphatic rings. The molecule has 2 nitrogen and oxygen atoms in total. The minimum absolute atomic E-state index is 0.535. The van der Waals surface area contributed by atoms with Crippen molar-refractivity contribution in [1.82, 2.24) is 5.43 Å². The molecular formula is C10H22N2S. The molecule has 3 N–H and O–H groups in total. The van der Waals surface area contributed by atoms with Gasteiger partial charge in [-0.05, 0) is 18.1 Å². The molecule has 1 atom stereocenters. The van der Waals surface area contributed by atoms with Crippen LogP contribution in [0.25, 0.3) is 0 Å². The van der Waals surface area contributed by atoms with Crippen LogP contribution in [0.5, 0.6) is 0 Å². The second-order valence-corrected chi connectivity index (χ2v) is 5.23. The molecule has 0 saturated heterocycles. The van der Waals surface area contributed by atoms with Gasteiger partial charge in [-0.3, -0.25) is 11.3 Å². The summed E-state index contributed by atoms with van der Waals surface area (Å²) in [4.78, 5) is 0. The van der Waals surface area contributed by atoms with E-state index < -0.39 is 0 Å². The van der Waals surface area contributed by atoms with E-state index in [2.05, 4.69) is 12.3 Å². The monoisotopic (exact) mass is 202 g/mol. The Morgan fingerprint density at radius 3 is 2.69 bits per heavy atom. The zero-order chi connectivity index (χ0) is 9.52. The van der Waals surface area contributed by atoms with E-state index >= 15 is 0 Å². The first-order chi connectivity index (χ1) is 6.36. The summed E-state index contributed by atoms with van der Waals surface area (Å²) in [6.07, 6.45) is 7.00. The van der Waals surface area contributed by atoms with Crippen molar-refractivity contribution in [3.63, 3.8) is 0 Å². The summed E-state index contributed by atoms with van der Waals surface area (Å²) < 4.78 is 0. The van der Waals surface area contributed by atoms with Gasteiger partial charge in [-0.1, -0.05) is 32.6 Å². The molecule has 13 heavy (non-hydrogen) atoms. The molecule has 3 heteroatoms. The van der Waals surface area contributed by atoms with Gasteiger partial charge in [0.1, 0.15) is 0 Å². The molecule has 1 rings (SSSR count). The highest BCUT2D eigenvalue weighted by Crippen LogP contribution is 2.28. The normalized spacial score (nSPS) is 20.8. The van der Waals surface area contributed by atoms with Gasteiger partial charge < -0.3 is 0 Å². The Kier molecular flexibility index (Phi) is 5.83. The van der Waals surface area contributed by atoms with E-state index in [0.29, 0.717) is 6.04 Å². The van der Waals surface area contributed by atoms with E-state index in [1.807, 2.05) is 11.8 Å². The Hall–Kier alpha value is 0.270. The summed E-state index contributed by atoms with van der Waals surface area (Å²) in [6.45, 7) is 2.20. The average Bonchev–Trinajstić information content (AvgIpc) is 2.64. The lowest BCUT2D eigenvalue weighted by molar-refractivity contribution is 0.415. The first-order valence-corrected chi connectivity index (χ1v) is 6.56. The van der Waals surface area contributed by atoms with Crippen LogP contribution in [0.2, 0.25) is 0 Å². The van der Waals surface area contributed by atoms with Gasteiger partial charge in [-0.15, -0.1) is 0 Å². The van der Waals surface area contributed by atoms with E-state index in [9.17, 15) is 0 Å². The van der Waals surface area contributed by atoms with Crippen molar-refractivity contribution < 1.29 is 0 Å². The highest BCUT2D eigenvalue weighted by atomic mass is 32.2. The first-order valence-electron chi connectivity index (χ1n) is 5.40. The summed E-state index contributed by atoms with van der Waals surface area (Å²) in [6, 6.07) is 0.535. The van der Waals surface area contributed by atoms with Crippen molar-refractivity contribution in [3.8, 4) is 0 Å². The van der Waals surface area contributed by atoms with E-state index in [-0.39, 0.29) is 0 Å². The van der Waals surface area contributed by atoms with Crippen molar-refractivity contribution in [2.75, 3.05) is 11.5 Å². The Bertz CT molecular complexity index is 124. The fourth-order valence-corrected chi connectivity index (χ4v) is 2.85. The SMILES string of the molecule is CCSCC(CC1CCCC1)NN. The van der Waals surface area contributed by atoms with Crippen molar-refractivity contribution >= 4 is 11.8 Å². The van der Waals surface area contributed by atoms with Crippen LogP contribution in [0.3, 0.4) is 0 Å². The summed E-state index contributed by atoms with van der Waals surface area (Å²) in [5, 5.41) is 0. The number of hydrogen-bond acceptors (Lipinski definition) is 3. The zero-order valence-electron chi connectivity index (χ0n) is 8.59. The number of nitrogens with two attached hydrogens (primary N) is 1. The average molecular weight is 202 g/mol. The molecule has 1 aliphatic carbocycles. The topological polar surface area (TPSA) is 38.0 Å². The van der Waals surface area contributed by atoms with Crippen LogP contribution in [-0.4, -0.2) is 17.5 Å². The second kappa shape index (κ2) is 6.68. The lowest BCUT2D eigenvalue weighted by Gasteiger charge is -2.18. The van der Waals surface area contributed by atoms with E-state index in [0.717, 1.165) is 5.92 Å². The molecule has 1 fully saturated rings. The largest absolute Gasteiger partial charge is 0.271 e. The first kappa shape index (κ1) is 11.3. The maximum atomic E-state index is 5.53. The van der Waals surface area contributed by atoms with Crippen molar-refractivity contribution in [2.45, 2.75) is 45.1 Å². The number of thioether (sulfide) groups is 1. The number of hydrogen-bond donors (Lipinski definition) is 2. The number of nitrogens with one attached hydrogen (secondary N) is 1. The van der Waals surface area contributed by atoms with Crippen LogP contribution >= 0.6 is 11.8 Å². The summed E-state index contributed by atoms with van der Waals surface area (Å²) in [7, 11) is 0. The van der Waals surface area contributed by atoms with E-state index in [1.165, 1.54) is 43.6 Å². The summed E-state index contributed by atoms with van der Waals surface area (Å²) in [5.74, 6) is 8.84. The van der Waals surface area contributed by atoms with Crippen LogP contribution < -0.4 is 11.3 Å². The smallest absolute Gasteiger partial charge is 0.0303 e. The molecule has 1 saturated carbocycles. The highest BCUT2D eigenvalue weighted by Gasteiger charge is 2.19. The van der Waals surface area contributed by atoms with Gasteiger partial charge in [0.2, 0.25) is 0 Å². The van der Waals surface area contributed by atoms with Crippen LogP contribution in [0, 0.1) is 5.92 Å². The maximum Gasteiger partial charge on any atom is 0.0303 e. The second-order valence-electron chi connectivity index (χ2n) is 3.91. The van der Waals surface area contributed by atoms with Crippen molar-refractivity contribution in [2.24, 2.45) is 11.8 Å². The van der Waals surface area contributed by atoms with E-state index in [4.69, 9.17) is 5.84 Å². The maximum absolute atomic E-state index is 5.53. The lowest BCUT2D eigenvalue weighted by Crippen LogP contribution is -2.38. The number of hydrazine groups is 1. The highest BCUT2D eigenvalue weighted by molar-refractivity contribution is 7.99. The lowest BCUT2D eigenvalue weighted by atomic mass is 10.00. The third-order valence-electron chi connectivity index (χ3n) is 2.85. The molecule has 0 radical (unpaired) electrons. The molecule has 0 amide bonds. The van der Waals surface area contributed by atoms with Crippen LogP contribution in [0.15, 0.2) is 0 Å². The Balaban J connectivity index is 2.13. The standard InChI is InChI=1S/C10H22N2S/c1-2-13-8-10(12-11)7-9-5-3-4-6-9/h9-10,12H,2-8,11H2,1H3. The van der Waals surface area contributed by atoms with Gasteiger partial charge in [0.05, 0.1) is 0 Å². The fourth-order valence-electron chi connectivity index (χ4n) is 2.09. The molecule has 0 bridgehead atoms. The minimum Gasteiger partial charge on any atom is -0.271 e. The molecule has 0 spiro atoms.